The number of hydrogen-bond acceptors (Lipinski definition) is 4. The second kappa shape index (κ2) is 3.68. The molecule has 2 fully saturated rings. The number of nitrogens with zero attached hydrogens (tertiary/aromatic N) is 1. The minimum absolute atomic E-state index is 0.135. The average molecular weight is 229 g/mol. The van der Waals surface area contributed by atoms with E-state index in [0.29, 0.717) is 0 Å². The number of carbonyl (C=O) groups excluding carboxylic acids is 1. The van der Waals surface area contributed by atoms with E-state index in [1.54, 1.807) is 6.92 Å². The quantitative estimate of drug-likeness (QED) is 0.674. The van der Waals surface area contributed by atoms with Gasteiger partial charge < -0.3 is 19.8 Å². The van der Waals surface area contributed by atoms with Crippen LogP contribution in [-0.2, 0) is 9.53 Å². The Morgan fingerprint density at radius 3 is 2.75 bits per heavy atom. The van der Waals surface area contributed by atoms with Crippen LogP contribution in [0.3, 0.4) is 0 Å². The fourth-order valence-corrected chi connectivity index (χ4v) is 3.02. The molecule has 0 aromatic rings. The van der Waals surface area contributed by atoms with Crippen LogP contribution in [0.1, 0.15) is 20.8 Å². The van der Waals surface area contributed by atoms with Gasteiger partial charge in [-0.1, -0.05) is 20.8 Å². The van der Waals surface area contributed by atoms with Gasteiger partial charge in [0.15, 0.2) is 0 Å². The fraction of sp³-hybridized carbons (Fsp3) is 0.909. The van der Waals surface area contributed by atoms with Crippen molar-refractivity contribution in [1.82, 2.24) is 4.90 Å². The lowest BCUT2D eigenvalue weighted by atomic mass is 9.80. The molecule has 0 spiro atoms. The van der Waals surface area contributed by atoms with Crippen LogP contribution in [0.2, 0.25) is 0 Å². The Kier molecular flexibility index (Phi) is 2.72. The highest BCUT2D eigenvalue weighted by molar-refractivity contribution is 5.83. The summed E-state index contributed by atoms with van der Waals surface area (Å²) in [6.07, 6.45) is -1.17. The van der Waals surface area contributed by atoms with E-state index < -0.39 is 17.6 Å². The molecular weight excluding hydrogens is 210 g/mol. The van der Waals surface area contributed by atoms with E-state index in [9.17, 15) is 15.0 Å². The standard InChI is InChI=1S/C11H19NO4/c1-6(2)9-11(4-13)8(14)7(3)10(15)12(11)5-16-9/h6-9,13-14H,4-5H2,1-3H3/t7-,8+,9+,11+/m1/s1. The van der Waals surface area contributed by atoms with Gasteiger partial charge >= 0.3 is 0 Å². The summed E-state index contributed by atoms with van der Waals surface area (Å²) in [5.74, 6) is -0.452. The Balaban J connectivity index is 2.42. The van der Waals surface area contributed by atoms with Crippen molar-refractivity contribution in [1.29, 1.82) is 0 Å². The topological polar surface area (TPSA) is 70.0 Å². The molecule has 1 amide bonds. The van der Waals surface area contributed by atoms with Crippen molar-refractivity contribution in [2.75, 3.05) is 13.3 Å². The number of ether oxygens (including phenoxy) is 1. The van der Waals surface area contributed by atoms with Crippen LogP contribution in [0, 0.1) is 11.8 Å². The summed E-state index contributed by atoms with van der Waals surface area (Å²) in [6, 6.07) is 0. The molecule has 0 saturated carbocycles. The van der Waals surface area contributed by atoms with Gasteiger partial charge in [0.25, 0.3) is 0 Å². The zero-order valence-electron chi connectivity index (χ0n) is 9.88. The SMILES string of the molecule is CC(C)[C@@H]1OCN2C(=O)[C@H](C)[C@H](O)[C@@]12CO. The highest BCUT2D eigenvalue weighted by Crippen LogP contribution is 2.44. The summed E-state index contributed by atoms with van der Waals surface area (Å²) in [6.45, 7) is 5.54. The largest absolute Gasteiger partial charge is 0.394 e. The Morgan fingerprint density at radius 2 is 2.25 bits per heavy atom. The lowest BCUT2D eigenvalue weighted by Crippen LogP contribution is -2.58. The maximum Gasteiger partial charge on any atom is 0.230 e. The lowest BCUT2D eigenvalue weighted by molar-refractivity contribution is -0.134. The number of fused-ring (bicyclic) bond motifs is 1. The summed E-state index contributed by atoms with van der Waals surface area (Å²) in [5, 5.41) is 19.8. The molecule has 5 heteroatoms. The molecule has 0 bridgehead atoms. The van der Waals surface area contributed by atoms with Crippen molar-refractivity contribution in [3.05, 3.63) is 0 Å². The second-order valence-corrected chi connectivity index (χ2v) is 5.11. The van der Waals surface area contributed by atoms with E-state index in [1.165, 1.54) is 4.90 Å². The van der Waals surface area contributed by atoms with E-state index in [-0.39, 0.29) is 31.3 Å². The highest BCUT2D eigenvalue weighted by Gasteiger charge is 2.64. The van der Waals surface area contributed by atoms with Crippen LogP contribution in [0.5, 0.6) is 0 Å². The second-order valence-electron chi connectivity index (χ2n) is 5.11. The van der Waals surface area contributed by atoms with Gasteiger partial charge in [0.1, 0.15) is 12.3 Å². The summed E-state index contributed by atoms with van der Waals surface area (Å²) in [7, 11) is 0. The molecule has 2 N–H and O–H groups in total. The molecule has 4 atom stereocenters. The Morgan fingerprint density at radius 1 is 1.62 bits per heavy atom. The van der Waals surface area contributed by atoms with E-state index in [0.717, 1.165) is 0 Å². The Hall–Kier alpha value is -0.650. The number of aliphatic hydroxyl groups excluding tert-OH is 2. The van der Waals surface area contributed by atoms with Gasteiger partial charge in [-0.15, -0.1) is 0 Å². The van der Waals surface area contributed by atoms with Gasteiger partial charge in [-0.2, -0.15) is 0 Å². The molecule has 0 aromatic carbocycles. The smallest absolute Gasteiger partial charge is 0.230 e. The summed E-state index contributed by atoms with van der Waals surface area (Å²) in [5.41, 5.74) is -0.940. The molecule has 2 heterocycles. The molecule has 0 radical (unpaired) electrons. The van der Waals surface area contributed by atoms with E-state index in [4.69, 9.17) is 4.74 Å². The van der Waals surface area contributed by atoms with E-state index in [1.807, 2.05) is 13.8 Å². The molecule has 2 aliphatic heterocycles. The summed E-state index contributed by atoms with van der Waals surface area (Å²) < 4.78 is 5.55. The Bertz CT molecular complexity index is 306. The zero-order chi connectivity index (χ0) is 12.1. The third-order valence-electron chi connectivity index (χ3n) is 3.88. The summed E-state index contributed by atoms with van der Waals surface area (Å²) in [4.78, 5) is 13.4. The van der Waals surface area contributed by atoms with Crippen LogP contribution in [0.25, 0.3) is 0 Å². The normalized spacial score (nSPS) is 43.2. The van der Waals surface area contributed by atoms with Crippen molar-refractivity contribution in [3.63, 3.8) is 0 Å². The Labute approximate surface area is 95.0 Å². The van der Waals surface area contributed by atoms with Crippen LogP contribution < -0.4 is 0 Å². The number of hydrogen-bond donors (Lipinski definition) is 2. The van der Waals surface area contributed by atoms with Crippen LogP contribution in [0.15, 0.2) is 0 Å². The van der Waals surface area contributed by atoms with Gasteiger partial charge in [-0.3, -0.25) is 4.79 Å². The molecule has 2 aliphatic rings. The number of amides is 1. The molecule has 0 aliphatic carbocycles. The predicted molar refractivity (Wildman–Crippen MR) is 56.4 cm³/mol. The van der Waals surface area contributed by atoms with Crippen LogP contribution in [0.4, 0.5) is 0 Å². The minimum Gasteiger partial charge on any atom is -0.394 e. The van der Waals surface area contributed by atoms with Crippen molar-refractivity contribution >= 4 is 5.91 Å². The predicted octanol–water partition coefficient (Wildman–Crippen LogP) is -0.431. The fourth-order valence-electron chi connectivity index (χ4n) is 3.02. The first-order valence-electron chi connectivity index (χ1n) is 5.68. The first kappa shape index (κ1) is 11.8. The molecule has 2 saturated heterocycles. The van der Waals surface area contributed by atoms with Crippen molar-refractivity contribution < 1.29 is 19.7 Å². The molecular formula is C11H19NO4. The first-order valence-corrected chi connectivity index (χ1v) is 5.68. The number of rotatable bonds is 2. The molecule has 92 valence electrons. The molecule has 5 nitrogen and oxygen atoms in total. The molecule has 0 aromatic heterocycles. The van der Waals surface area contributed by atoms with Gasteiger partial charge in [0.05, 0.1) is 24.7 Å². The van der Waals surface area contributed by atoms with Gasteiger partial charge in [-0.25, -0.2) is 0 Å². The monoisotopic (exact) mass is 229 g/mol. The third-order valence-corrected chi connectivity index (χ3v) is 3.88. The van der Waals surface area contributed by atoms with Crippen molar-refractivity contribution in [3.8, 4) is 0 Å². The lowest BCUT2D eigenvalue weighted by Gasteiger charge is -2.37. The summed E-state index contributed by atoms with van der Waals surface area (Å²) >= 11 is 0. The maximum absolute atomic E-state index is 11.9. The first-order chi connectivity index (χ1) is 7.46. The third kappa shape index (κ3) is 1.19. The molecule has 2 rings (SSSR count). The van der Waals surface area contributed by atoms with E-state index >= 15 is 0 Å². The molecule has 0 unspecified atom stereocenters. The van der Waals surface area contributed by atoms with Gasteiger partial charge in [0, 0.05) is 0 Å². The van der Waals surface area contributed by atoms with Crippen molar-refractivity contribution in [2.24, 2.45) is 11.8 Å². The van der Waals surface area contributed by atoms with Crippen molar-refractivity contribution in [2.45, 2.75) is 38.5 Å². The minimum atomic E-state index is -0.940. The number of carbonyl (C=O) groups is 1. The zero-order valence-corrected chi connectivity index (χ0v) is 9.88. The maximum atomic E-state index is 11.9. The van der Waals surface area contributed by atoms with Crippen LogP contribution in [-0.4, -0.2) is 52.1 Å². The number of aliphatic hydroxyl groups is 2. The van der Waals surface area contributed by atoms with Gasteiger partial charge in [0.2, 0.25) is 5.91 Å². The highest BCUT2D eigenvalue weighted by atomic mass is 16.5. The van der Waals surface area contributed by atoms with Crippen LogP contribution >= 0.6 is 0 Å². The van der Waals surface area contributed by atoms with E-state index in [2.05, 4.69) is 0 Å². The van der Waals surface area contributed by atoms with Gasteiger partial charge in [-0.05, 0) is 5.92 Å². The average Bonchev–Trinajstić information content (AvgIpc) is 2.72. The molecule has 16 heavy (non-hydrogen) atoms.